The molecular formula is C19H20N4OS. The standard InChI is InChI=1S/C19H20N4OS/c24-19(22-11-3-4-13-23-14-12-20-15-23)16-6-8-17(9-7-16)25-18-5-1-2-10-21-18/h1-2,5-10,12,14-15H,3-4,11,13H2,(H,22,24). The Hall–Kier alpha value is -2.60. The van der Waals surface area contributed by atoms with Crippen LogP contribution in [0.4, 0.5) is 0 Å². The molecule has 3 aromatic rings. The third kappa shape index (κ3) is 5.46. The van der Waals surface area contributed by atoms with Crippen LogP contribution in [-0.4, -0.2) is 27.0 Å². The van der Waals surface area contributed by atoms with Crippen molar-refractivity contribution in [3.05, 3.63) is 72.9 Å². The van der Waals surface area contributed by atoms with Gasteiger partial charge in [-0.25, -0.2) is 9.97 Å². The predicted molar refractivity (Wildman–Crippen MR) is 98.6 cm³/mol. The van der Waals surface area contributed by atoms with Gasteiger partial charge in [-0.3, -0.25) is 4.79 Å². The van der Waals surface area contributed by atoms with Gasteiger partial charge >= 0.3 is 0 Å². The van der Waals surface area contributed by atoms with Crippen molar-refractivity contribution in [2.45, 2.75) is 29.3 Å². The maximum Gasteiger partial charge on any atom is 0.251 e. The number of unbranched alkanes of at least 4 members (excludes halogenated alkanes) is 1. The number of hydrogen-bond acceptors (Lipinski definition) is 4. The topological polar surface area (TPSA) is 59.8 Å². The van der Waals surface area contributed by atoms with E-state index in [0.717, 1.165) is 29.3 Å². The van der Waals surface area contributed by atoms with Crippen LogP contribution in [0.15, 0.2) is 77.3 Å². The first-order valence-electron chi connectivity index (χ1n) is 8.24. The highest BCUT2D eigenvalue weighted by molar-refractivity contribution is 7.99. The monoisotopic (exact) mass is 352 g/mol. The second-order valence-electron chi connectivity index (χ2n) is 5.56. The molecule has 0 aliphatic rings. The Bertz CT molecular complexity index is 773. The molecule has 0 radical (unpaired) electrons. The molecule has 3 rings (SSSR count). The lowest BCUT2D eigenvalue weighted by Gasteiger charge is -2.07. The fraction of sp³-hybridized carbons (Fsp3) is 0.211. The zero-order chi connectivity index (χ0) is 17.3. The van der Waals surface area contributed by atoms with Crippen LogP contribution < -0.4 is 5.32 Å². The molecule has 0 unspecified atom stereocenters. The molecule has 0 atom stereocenters. The molecule has 0 fully saturated rings. The molecule has 25 heavy (non-hydrogen) atoms. The molecule has 1 aromatic carbocycles. The van der Waals surface area contributed by atoms with Crippen LogP contribution in [0.1, 0.15) is 23.2 Å². The number of carbonyl (C=O) groups excluding carboxylic acids is 1. The number of aromatic nitrogens is 3. The van der Waals surface area contributed by atoms with Gasteiger partial charge in [0.2, 0.25) is 0 Å². The fourth-order valence-corrected chi connectivity index (χ4v) is 3.12. The van der Waals surface area contributed by atoms with Crippen molar-refractivity contribution in [1.82, 2.24) is 19.9 Å². The Morgan fingerprint density at radius 3 is 2.68 bits per heavy atom. The highest BCUT2D eigenvalue weighted by atomic mass is 32.2. The van der Waals surface area contributed by atoms with Crippen LogP contribution in [-0.2, 0) is 6.54 Å². The summed E-state index contributed by atoms with van der Waals surface area (Å²) in [5, 5.41) is 3.91. The summed E-state index contributed by atoms with van der Waals surface area (Å²) in [6.07, 6.45) is 9.26. The Balaban J connectivity index is 1.41. The number of benzene rings is 1. The van der Waals surface area contributed by atoms with Crippen LogP contribution >= 0.6 is 11.8 Å². The van der Waals surface area contributed by atoms with E-state index in [4.69, 9.17) is 0 Å². The SMILES string of the molecule is O=C(NCCCCn1ccnc1)c1ccc(Sc2ccccn2)cc1. The van der Waals surface area contributed by atoms with E-state index in [-0.39, 0.29) is 5.91 Å². The van der Waals surface area contributed by atoms with Gasteiger partial charge in [-0.15, -0.1) is 0 Å². The predicted octanol–water partition coefficient (Wildman–Crippen LogP) is 3.64. The average Bonchev–Trinajstić information content (AvgIpc) is 3.16. The Morgan fingerprint density at radius 1 is 1.08 bits per heavy atom. The molecule has 6 heteroatoms. The van der Waals surface area contributed by atoms with Crippen molar-refractivity contribution in [2.24, 2.45) is 0 Å². The van der Waals surface area contributed by atoms with E-state index in [0.29, 0.717) is 12.1 Å². The molecule has 0 saturated heterocycles. The van der Waals surface area contributed by atoms with Gasteiger partial charge in [0, 0.05) is 42.1 Å². The van der Waals surface area contributed by atoms with Gasteiger partial charge in [0.15, 0.2) is 0 Å². The Labute approximate surface area is 151 Å². The van der Waals surface area contributed by atoms with Gasteiger partial charge in [0.25, 0.3) is 5.91 Å². The normalized spacial score (nSPS) is 10.6. The summed E-state index contributed by atoms with van der Waals surface area (Å²) in [6.45, 7) is 1.60. The van der Waals surface area contributed by atoms with E-state index in [1.165, 1.54) is 0 Å². The summed E-state index contributed by atoms with van der Waals surface area (Å²) in [6, 6.07) is 13.4. The van der Waals surface area contributed by atoms with Crippen LogP contribution in [0.25, 0.3) is 0 Å². The first-order valence-corrected chi connectivity index (χ1v) is 9.06. The third-order valence-electron chi connectivity index (χ3n) is 3.66. The lowest BCUT2D eigenvalue weighted by molar-refractivity contribution is 0.0953. The number of rotatable bonds is 8. The van der Waals surface area contributed by atoms with Crippen molar-refractivity contribution in [3.63, 3.8) is 0 Å². The Morgan fingerprint density at radius 2 is 1.96 bits per heavy atom. The maximum atomic E-state index is 12.2. The summed E-state index contributed by atoms with van der Waals surface area (Å²) in [5.41, 5.74) is 0.681. The van der Waals surface area contributed by atoms with Gasteiger partial charge in [0.05, 0.1) is 6.33 Å². The van der Waals surface area contributed by atoms with Crippen LogP contribution in [0.3, 0.4) is 0 Å². The van der Waals surface area contributed by atoms with E-state index in [1.54, 1.807) is 24.2 Å². The quantitative estimate of drug-likeness (QED) is 0.629. The second kappa shape index (κ2) is 9.03. The van der Waals surface area contributed by atoms with Crippen LogP contribution in [0, 0.1) is 0 Å². The summed E-state index contributed by atoms with van der Waals surface area (Å²) in [5.74, 6) is -0.0305. The first-order chi connectivity index (χ1) is 12.3. The molecule has 2 heterocycles. The van der Waals surface area contributed by atoms with Crippen molar-refractivity contribution in [1.29, 1.82) is 0 Å². The molecular weight excluding hydrogens is 332 g/mol. The Kier molecular flexibility index (Phi) is 6.23. The average molecular weight is 352 g/mol. The third-order valence-corrected chi connectivity index (χ3v) is 4.62. The minimum Gasteiger partial charge on any atom is -0.352 e. The summed E-state index contributed by atoms with van der Waals surface area (Å²) in [7, 11) is 0. The number of aryl methyl sites for hydroxylation is 1. The molecule has 0 bridgehead atoms. The molecule has 5 nitrogen and oxygen atoms in total. The maximum absolute atomic E-state index is 12.2. The highest BCUT2D eigenvalue weighted by Gasteiger charge is 2.05. The van der Waals surface area contributed by atoms with Crippen LogP contribution in [0.2, 0.25) is 0 Å². The number of nitrogens with zero attached hydrogens (tertiary/aromatic N) is 3. The minimum atomic E-state index is -0.0305. The van der Waals surface area contributed by atoms with Crippen molar-refractivity contribution in [2.75, 3.05) is 6.54 Å². The van der Waals surface area contributed by atoms with E-state index in [1.807, 2.05) is 59.6 Å². The fourth-order valence-electron chi connectivity index (χ4n) is 2.34. The molecule has 1 amide bonds. The summed E-state index contributed by atoms with van der Waals surface area (Å²) >= 11 is 1.58. The lowest BCUT2D eigenvalue weighted by Crippen LogP contribution is -2.24. The molecule has 0 aliphatic carbocycles. The second-order valence-corrected chi connectivity index (χ2v) is 6.65. The number of nitrogens with one attached hydrogen (secondary N) is 1. The van der Waals surface area contributed by atoms with Gasteiger partial charge in [-0.2, -0.15) is 0 Å². The number of imidazole rings is 1. The molecule has 2 aromatic heterocycles. The number of amides is 1. The largest absolute Gasteiger partial charge is 0.352 e. The van der Waals surface area contributed by atoms with Crippen molar-refractivity contribution >= 4 is 17.7 Å². The van der Waals surface area contributed by atoms with Gasteiger partial charge in [0.1, 0.15) is 5.03 Å². The molecule has 0 saturated carbocycles. The van der Waals surface area contributed by atoms with E-state index < -0.39 is 0 Å². The number of carbonyl (C=O) groups is 1. The van der Waals surface area contributed by atoms with E-state index in [2.05, 4.69) is 15.3 Å². The zero-order valence-electron chi connectivity index (χ0n) is 13.8. The highest BCUT2D eigenvalue weighted by Crippen LogP contribution is 2.25. The van der Waals surface area contributed by atoms with E-state index >= 15 is 0 Å². The molecule has 0 aliphatic heterocycles. The van der Waals surface area contributed by atoms with Crippen molar-refractivity contribution < 1.29 is 4.79 Å². The number of hydrogen-bond donors (Lipinski definition) is 1. The lowest BCUT2D eigenvalue weighted by atomic mass is 10.2. The van der Waals surface area contributed by atoms with Gasteiger partial charge in [-0.1, -0.05) is 17.8 Å². The molecule has 0 spiro atoms. The van der Waals surface area contributed by atoms with Gasteiger partial charge < -0.3 is 9.88 Å². The smallest absolute Gasteiger partial charge is 0.251 e. The zero-order valence-corrected chi connectivity index (χ0v) is 14.7. The van der Waals surface area contributed by atoms with Crippen molar-refractivity contribution in [3.8, 4) is 0 Å². The molecule has 1 N–H and O–H groups in total. The summed E-state index contributed by atoms with van der Waals surface area (Å²) < 4.78 is 2.04. The van der Waals surface area contributed by atoms with Crippen LogP contribution in [0.5, 0.6) is 0 Å². The summed E-state index contributed by atoms with van der Waals surface area (Å²) in [4.78, 5) is 21.5. The van der Waals surface area contributed by atoms with Gasteiger partial charge in [-0.05, 0) is 49.2 Å². The molecule has 128 valence electrons. The first kappa shape index (κ1) is 17.2. The van der Waals surface area contributed by atoms with E-state index in [9.17, 15) is 4.79 Å². The minimum absolute atomic E-state index is 0.0305. The number of pyridine rings is 1.